The molecule has 0 saturated heterocycles. The molecule has 0 aliphatic heterocycles. The number of hydrogen-bond donors (Lipinski definition) is 0. The molecule has 84 valence electrons. The van der Waals surface area contributed by atoms with Gasteiger partial charge in [-0.25, -0.2) is 0 Å². The summed E-state index contributed by atoms with van der Waals surface area (Å²) in [6.45, 7) is 8.69. The lowest BCUT2D eigenvalue weighted by molar-refractivity contribution is 1.34. The minimum absolute atomic E-state index is 1.17. The van der Waals surface area contributed by atoms with Crippen molar-refractivity contribution in [2.24, 2.45) is 0 Å². The van der Waals surface area contributed by atoms with Gasteiger partial charge in [0.15, 0.2) is 0 Å². The van der Waals surface area contributed by atoms with E-state index in [4.69, 9.17) is 0 Å². The summed E-state index contributed by atoms with van der Waals surface area (Å²) in [7, 11) is 0. The molecule has 0 heterocycles. The third kappa shape index (κ3) is 1.63. The van der Waals surface area contributed by atoms with E-state index in [-0.39, 0.29) is 0 Å². The largest absolute Gasteiger partial charge is 0.0584 e. The highest BCUT2D eigenvalue weighted by atomic mass is 79.9. The molecule has 2 rings (SSSR count). The fraction of sp³-hybridized carbons (Fsp3) is 0.286. The number of fused-ring (bicyclic) bond motifs is 1. The number of benzene rings is 2. The average Bonchev–Trinajstić information content (AvgIpc) is 2.26. The van der Waals surface area contributed by atoms with Crippen molar-refractivity contribution in [1.82, 2.24) is 0 Å². The van der Waals surface area contributed by atoms with Gasteiger partial charge < -0.3 is 0 Å². The summed E-state index contributed by atoms with van der Waals surface area (Å²) in [6.07, 6.45) is 0. The molecule has 0 aliphatic carbocycles. The number of aryl methyl sites for hydroxylation is 4. The molecular weight excluding hydrogens is 328 g/mol. The highest BCUT2D eigenvalue weighted by Gasteiger charge is 2.13. The molecule has 0 spiro atoms. The molecule has 0 bridgehead atoms. The molecule has 0 atom stereocenters. The van der Waals surface area contributed by atoms with Crippen LogP contribution in [-0.2, 0) is 0 Å². The Morgan fingerprint density at radius 2 is 1.00 bits per heavy atom. The lowest BCUT2D eigenvalue weighted by atomic mass is 9.94. The van der Waals surface area contributed by atoms with Crippen molar-refractivity contribution in [2.45, 2.75) is 27.7 Å². The molecule has 16 heavy (non-hydrogen) atoms. The van der Waals surface area contributed by atoms with E-state index in [1.54, 1.807) is 0 Å². The summed E-state index contributed by atoms with van der Waals surface area (Å²) in [5.74, 6) is 0. The van der Waals surface area contributed by atoms with E-state index >= 15 is 0 Å². The Labute approximate surface area is 113 Å². The van der Waals surface area contributed by atoms with Gasteiger partial charge in [0.2, 0.25) is 0 Å². The fourth-order valence-corrected chi connectivity index (χ4v) is 3.32. The first kappa shape index (κ1) is 12.1. The third-order valence-electron chi connectivity index (χ3n) is 3.22. The molecule has 2 aromatic carbocycles. The summed E-state index contributed by atoms with van der Waals surface area (Å²) in [5, 5.41) is 2.76. The highest BCUT2D eigenvalue weighted by Crippen LogP contribution is 2.39. The quantitative estimate of drug-likeness (QED) is 0.585. The minimum Gasteiger partial charge on any atom is -0.0584 e. The normalized spacial score (nSPS) is 11.1. The molecule has 0 fully saturated rings. The van der Waals surface area contributed by atoms with Gasteiger partial charge in [-0.05, 0) is 92.6 Å². The van der Waals surface area contributed by atoms with Crippen molar-refractivity contribution in [2.75, 3.05) is 0 Å². The first-order valence-electron chi connectivity index (χ1n) is 5.29. The zero-order valence-corrected chi connectivity index (χ0v) is 13.1. The van der Waals surface area contributed by atoms with Crippen molar-refractivity contribution in [3.8, 4) is 0 Å². The Morgan fingerprint density at radius 1 is 0.688 bits per heavy atom. The van der Waals surface area contributed by atoms with Crippen LogP contribution in [0.2, 0.25) is 0 Å². The average molecular weight is 342 g/mol. The van der Waals surface area contributed by atoms with Gasteiger partial charge >= 0.3 is 0 Å². The standard InChI is InChI=1S/C14H14Br2/c1-7-5-6-8(2)12-10(4)14(16)13(15)9(3)11(7)12/h5-6H,1-4H3. The molecule has 2 aromatic rings. The van der Waals surface area contributed by atoms with Gasteiger partial charge in [-0.1, -0.05) is 12.1 Å². The van der Waals surface area contributed by atoms with Crippen LogP contribution in [0, 0.1) is 27.7 Å². The van der Waals surface area contributed by atoms with Crippen LogP contribution in [0.1, 0.15) is 22.3 Å². The van der Waals surface area contributed by atoms with E-state index in [9.17, 15) is 0 Å². The Balaban J connectivity index is 3.14. The monoisotopic (exact) mass is 340 g/mol. The Morgan fingerprint density at radius 3 is 1.31 bits per heavy atom. The van der Waals surface area contributed by atoms with Crippen LogP contribution in [0.15, 0.2) is 21.1 Å². The highest BCUT2D eigenvalue weighted by molar-refractivity contribution is 9.13. The van der Waals surface area contributed by atoms with E-state index in [1.165, 1.54) is 42.0 Å². The molecule has 0 saturated carbocycles. The van der Waals surface area contributed by atoms with E-state index in [1.807, 2.05) is 0 Å². The smallest absolute Gasteiger partial charge is 0.0355 e. The minimum atomic E-state index is 1.17. The van der Waals surface area contributed by atoms with Gasteiger partial charge in [-0.3, -0.25) is 0 Å². The van der Waals surface area contributed by atoms with Crippen LogP contribution in [0.4, 0.5) is 0 Å². The molecule has 0 radical (unpaired) electrons. The van der Waals surface area contributed by atoms with Gasteiger partial charge in [0.1, 0.15) is 0 Å². The lowest BCUT2D eigenvalue weighted by Crippen LogP contribution is -1.93. The summed E-state index contributed by atoms with van der Waals surface area (Å²) < 4.78 is 2.34. The van der Waals surface area contributed by atoms with Crippen LogP contribution >= 0.6 is 31.9 Å². The summed E-state index contributed by atoms with van der Waals surface area (Å²) in [5.41, 5.74) is 5.31. The topological polar surface area (TPSA) is 0 Å². The van der Waals surface area contributed by atoms with Crippen molar-refractivity contribution in [3.63, 3.8) is 0 Å². The zero-order chi connectivity index (χ0) is 12.0. The van der Waals surface area contributed by atoms with Crippen molar-refractivity contribution < 1.29 is 0 Å². The van der Waals surface area contributed by atoms with E-state index in [0.717, 1.165) is 0 Å². The molecule has 0 N–H and O–H groups in total. The third-order valence-corrected chi connectivity index (χ3v) is 5.74. The van der Waals surface area contributed by atoms with Crippen LogP contribution in [0.5, 0.6) is 0 Å². The predicted octanol–water partition coefficient (Wildman–Crippen LogP) is 5.60. The van der Waals surface area contributed by atoms with Crippen molar-refractivity contribution >= 4 is 42.6 Å². The fourth-order valence-electron chi connectivity index (χ4n) is 2.33. The maximum absolute atomic E-state index is 3.66. The molecule has 0 aromatic heterocycles. The van der Waals surface area contributed by atoms with Crippen LogP contribution < -0.4 is 0 Å². The molecule has 0 unspecified atom stereocenters. The SMILES string of the molecule is Cc1ccc(C)c2c(C)c(Br)c(Br)c(C)c12. The Hall–Kier alpha value is -0.340. The van der Waals surface area contributed by atoms with Crippen LogP contribution in [0.3, 0.4) is 0 Å². The summed E-state index contributed by atoms with van der Waals surface area (Å²) in [6, 6.07) is 4.40. The maximum Gasteiger partial charge on any atom is 0.0355 e. The van der Waals surface area contributed by atoms with Gasteiger partial charge in [-0.15, -0.1) is 0 Å². The molecule has 0 nitrogen and oxygen atoms in total. The number of rotatable bonds is 0. The van der Waals surface area contributed by atoms with Gasteiger partial charge in [-0.2, -0.15) is 0 Å². The molecular formula is C14H14Br2. The predicted molar refractivity (Wildman–Crippen MR) is 78.3 cm³/mol. The summed E-state index contributed by atoms with van der Waals surface area (Å²) >= 11 is 7.33. The second-order valence-electron chi connectivity index (χ2n) is 4.33. The Kier molecular flexibility index (Phi) is 3.15. The van der Waals surface area contributed by atoms with E-state index in [0.29, 0.717) is 0 Å². The number of hydrogen-bond acceptors (Lipinski definition) is 0. The lowest BCUT2D eigenvalue weighted by Gasteiger charge is -2.15. The van der Waals surface area contributed by atoms with E-state index < -0.39 is 0 Å². The molecule has 0 amide bonds. The van der Waals surface area contributed by atoms with Crippen LogP contribution in [0.25, 0.3) is 10.8 Å². The second kappa shape index (κ2) is 4.15. The van der Waals surface area contributed by atoms with Gasteiger partial charge in [0.25, 0.3) is 0 Å². The summed E-state index contributed by atoms with van der Waals surface area (Å²) in [4.78, 5) is 0. The Bertz CT molecular complexity index is 531. The second-order valence-corrected chi connectivity index (χ2v) is 5.91. The van der Waals surface area contributed by atoms with Gasteiger partial charge in [0.05, 0.1) is 0 Å². The van der Waals surface area contributed by atoms with Crippen molar-refractivity contribution in [3.05, 3.63) is 43.3 Å². The first-order valence-corrected chi connectivity index (χ1v) is 6.87. The van der Waals surface area contributed by atoms with E-state index in [2.05, 4.69) is 71.7 Å². The molecule has 2 heteroatoms. The van der Waals surface area contributed by atoms with Gasteiger partial charge in [0, 0.05) is 8.95 Å². The number of halogens is 2. The molecule has 0 aliphatic rings. The van der Waals surface area contributed by atoms with Crippen LogP contribution in [-0.4, -0.2) is 0 Å². The maximum atomic E-state index is 3.66. The zero-order valence-electron chi connectivity index (χ0n) is 9.91. The van der Waals surface area contributed by atoms with Crippen molar-refractivity contribution in [1.29, 1.82) is 0 Å². The first-order chi connectivity index (χ1) is 7.45.